The first-order valence-electron chi connectivity index (χ1n) is 7.67. The highest BCUT2D eigenvalue weighted by Gasteiger charge is 2.18. The zero-order valence-corrected chi connectivity index (χ0v) is 13.0. The Hall–Kier alpha value is -3.60. The van der Waals surface area contributed by atoms with Crippen LogP contribution in [0.15, 0.2) is 66.7 Å². The van der Waals surface area contributed by atoms with Crippen molar-refractivity contribution in [3.8, 4) is 5.69 Å². The molecule has 0 aliphatic carbocycles. The van der Waals surface area contributed by atoms with Gasteiger partial charge in [0.15, 0.2) is 0 Å². The van der Waals surface area contributed by atoms with Crippen LogP contribution in [0.4, 0.5) is 0 Å². The van der Waals surface area contributed by atoms with Gasteiger partial charge in [0.1, 0.15) is 0 Å². The third-order valence-corrected chi connectivity index (χ3v) is 4.30. The van der Waals surface area contributed by atoms with E-state index in [-0.39, 0.29) is 11.1 Å². The van der Waals surface area contributed by atoms with Crippen molar-refractivity contribution in [2.75, 3.05) is 0 Å². The number of carboxylic acids is 2. The smallest absolute Gasteiger partial charge is 0.336 e. The Morgan fingerprint density at radius 2 is 1.20 bits per heavy atom. The summed E-state index contributed by atoms with van der Waals surface area (Å²) >= 11 is 0. The third-order valence-electron chi connectivity index (χ3n) is 4.30. The highest BCUT2D eigenvalue weighted by Crippen LogP contribution is 2.32. The Kier molecular flexibility index (Phi) is 3.28. The number of benzene rings is 3. The molecule has 0 spiro atoms. The predicted molar refractivity (Wildman–Crippen MR) is 94.7 cm³/mol. The van der Waals surface area contributed by atoms with Gasteiger partial charge in [-0.2, -0.15) is 0 Å². The zero-order chi connectivity index (χ0) is 17.6. The normalized spacial score (nSPS) is 11.0. The lowest BCUT2D eigenvalue weighted by Gasteiger charge is -2.10. The lowest BCUT2D eigenvalue weighted by Crippen LogP contribution is -2.09. The fourth-order valence-corrected chi connectivity index (χ4v) is 3.24. The lowest BCUT2D eigenvalue weighted by atomic mass is 10.1. The standard InChI is InChI=1S/C20H13NO4/c22-19(23)15-10-9-12(11-16(15)20(24)25)21-17-7-3-1-5-13(17)14-6-2-4-8-18(14)21/h1-11H,(H,22,23)(H,24,25). The number of fused-ring (bicyclic) bond motifs is 3. The number of para-hydroxylation sites is 2. The molecule has 0 aliphatic heterocycles. The van der Waals surface area contributed by atoms with Gasteiger partial charge in [0.05, 0.1) is 22.2 Å². The molecule has 0 aliphatic rings. The second-order valence-electron chi connectivity index (χ2n) is 5.71. The van der Waals surface area contributed by atoms with Gasteiger partial charge in [0.2, 0.25) is 0 Å². The molecule has 1 aromatic heterocycles. The first-order valence-corrected chi connectivity index (χ1v) is 7.67. The molecule has 3 aromatic carbocycles. The minimum Gasteiger partial charge on any atom is -0.478 e. The topological polar surface area (TPSA) is 79.5 Å². The van der Waals surface area contributed by atoms with Crippen molar-refractivity contribution in [3.05, 3.63) is 77.9 Å². The van der Waals surface area contributed by atoms with Crippen LogP contribution in [-0.2, 0) is 0 Å². The monoisotopic (exact) mass is 331 g/mol. The quantitative estimate of drug-likeness (QED) is 0.590. The van der Waals surface area contributed by atoms with Crippen LogP contribution in [0.2, 0.25) is 0 Å². The summed E-state index contributed by atoms with van der Waals surface area (Å²) in [6.45, 7) is 0. The van der Waals surface area contributed by atoms with Crippen LogP contribution < -0.4 is 0 Å². The van der Waals surface area contributed by atoms with E-state index in [9.17, 15) is 19.8 Å². The summed E-state index contributed by atoms with van der Waals surface area (Å²) in [6.07, 6.45) is 0. The number of rotatable bonds is 3. The van der Waals surface area contributed by atoms with E-state index >= 15 is 0 Å². The number of nitrogens with zero attached hydrogens (tertiary/aromatic N) is 1. The average molecular weight is 331 g/mol. The molecule has 5 nitrogen and oxygen atoms in total. The molecule has 0 radical (unpaired) electrons. The second-order valence-corrected chi connectivity index (χ2v) is 5.71. The summed E-state index contributed by atoms with van der Waals surface area (Å²) in [7, 11) is 0. The fourth-order valence-electron chi connectivity index (χ4n) is 3.24. The summed E-state index contributed by atoms with van der Waals surface area (Å²) in [5.41, 5.74) is 2.02. The van der Waals surface area contributed by atoms with Crippen LogP contribution in [0.25, 0.3) is 27.5 Å². The zero-order valence-electron chi connectivity index (χ0n) is 13.0. The van der Waals surface area contributed by atoms with Crippen LogP contribution >= 0.6 is 0 Å². The second kappa shape index (κ2) is 5.49. The molecule has 0 saturated carbocycles. The first kappa shape index (κ1) is 15.0. The molecule has 0 unspecified atom stereocenters. The van der Waals surface area contributed by atoms with E-state index in [2.05, 4.69) is 0 Å². The molecule has 0 amide bonds. The molecule has 0 saturated heterocycles. The van der Waals surface area contributed by atoms with Gasteiger partial charge in [0.25, 0.3) is 0 Å². The number of carboxylic acid groups (broad SMARTS) is 2. The van der Waals surface area contributed by atoms with Gasteiger partial charge < -0.3 is 14.8 Å². The van der Waals surface area contributed by atoms with Crippen molar-refractivity contribution in [3.63, 3.8) is 0 Å². The Labute approximate surface area is 142 Å². The predicted octanol–water partition coefficient (Wildman–Crippen LogP) is 4.18. The Morgan fingerprint density at radius 3 is 1.72 bits per heavy atom. The number of hydrogen-bond acceptors (Lipinski definition) is 2. The molecule has 4 aromatic rings. The van der Waals surface area contributed by atoms with Gasteiger partial charge in [-0.15, -0.1) is 0 Å². The molecular weight excluding hydrogens is 318 g/mol. The van der Waals surface area contributed by atoms with Gasteiger partial charge in [0, 0.05) is 16.5 Å². The molecular formula is C20H13NO4. The van der Waals surface area contributed by atoms with E-state index in [1.54, 1.807) is 6.07 Å². The number of hydrogen-bond donors (Lipinski definition) is 2. The Morgan fingerprint density at radius 1 is 0.680 bits per heavy atom. The largest absolute Gasteiger partial charge is 0.478 e. The van der Waals surface area contributed by atoms with Crippen molar-refractivity contribution >= 4 is 33.7 Å². The van der Waals surface area contributed by atoms with E-state index < -0.39 is 11.9 Å². The molecule has 2 N–H and O–H groups in total. The van der Waals surface area contributed by atoms with Gasteiger partial charge >= 0.3 is 11.9 Å². The maximum absolute atomic E-state index is 11.5. The SMILES string of the molecule is O=C(O)c1ccc(-n2c3ccccc3c3ccccc32)cc1C(=O)O. The van der Waals surface area contributed by atoms with E-state index in [0.717, 1.165) is 21.8 Å². The van der Waals surface area contributed by atoms with Gasteiger partial charge in [-0.25, -0.2) is 9.59 Å². The molecule has 4 rings (SSSR count). The molecule has 0 atom stereocenters. The molecule has 5 heteroatoms. The summed E-state index contributed by atoms with van der Waals surface area (Å²) in [6, 6.07) is 20.1. The van der Waals surface area contributed by atoms with Gasteiger partial charge in [-0.05, 0) is 30.3 Å². The highest BCUT2D eigenvalue weighted by atomic mass is 16.4. The van der Waals surface area contributed by atoms with E-state index in [0.29, 0.717) is 5.69 Å². The van der Waals surface area contributed by atoms with Crippen molar-refractivity contribution in [1.82, 2.24) is 4.57 Å². The fraction of sp³-hybridized carbons (Fsp3) is 0. The summed E-state index contributed by atoms with van der Waals surface area (Å²) in [4.78, 5) is 22.8. The minimum absolute atomic E-state index is 0.225. The highest BCUT2D eigenvalue weighted by molar-refractivity contribution is 6.09. The average Bonchev–Trinajstić information content (AvgIpc) is 2.95. The summed E-state index contributed by atoms with van der Waals surface area (Å²) < 4.78 is 1.95. The van der Waals surface area contributed by atoms with Crippen LogP contribution in [0, 0.1) is 0 Å². The van der Waals surface area contributed by atoms with E-state index in [4.69, 9.17) is 0 Å². The summed E-state index contributed by atoms with van der Waals surface area (Å²) in [5.74, 6) is -2.52. The van der Waals surface area contributed by atoms with Crippen LogP contribution in [0.3, 0.4) is 0 Å². The first-order chi connectivity index (χ1) is 12.1. The number of carbonyl (C=O) groups is 2. The lowest BCUT2D eigenvalue weighted by molar-refractivity contribution is 0.0651. The van der Waals surface area contributed by atoms with E-state index in [1.165, 1.54) is 12.1 Å². The number of aromatic carboxylic acids is 2. The minimum atomic E-state index is -1.26. The number of aromatic nitrogens is 1. The molecule has 1 heterocycles. The Balaban J connectivity index is 2.09. The molecule has 0 fully saturated rings. The molecule has 122 valence electrons. The van der Waals surface area contributed by atoms with Gasteiger partial charge in [-0.3, -0.25) is 0 Å². The molecule has 0 bridgehead atoms. The Bertz CT molecular complexity index is 1100. The van der Waals surface area contributed by atoms with Crippen molar-refractivity contribution in [1.29, 1.82) is 0 Å². The maximum atomic E-state index is 11.5. The molecule has 25 heavy (non-hydrogen) atoms. The van der Waals surface area contributed by atoms with E-state index in [1.807, 2.05) is 53.1 Å². The van der Waals surface area contributed by atoms with Crippen molar-refractivity contribution < 1.29 is 19.8 Å². The van der Waals surface area contributed by atoms with Crippen LogP contribution in [0.5, 0.6) is 0 Å². The van der Waals surface area contributed by atoms with Crippen molar-refractivity contribution in [2.24, 2.45) is 0 Å². The maximum Gasteiger partial charge on any atom is 0.336 e. The summed E-state index contributed by atoms with van der Waals surface area (Å²) in [5, 5.41) is 20.7. The van der Waals surface area contributed by atoms with Crippen LogP contribution in [0.1, 0.15) is 20.7 Å². The third kappa shape index (κ3) is 2.25. The van der Waals surface area contributed by atoms with Crippen molar-refractivity contribution in [2.45, 2.75) is 0 Å². The van der Waals surface area contributed by atoms with Crippen LogP contribution in [-0.4, -0.2) is 26.7 Å². The van der Waals surface area contributed by atoms with Gasteiger partial charge in [-0.1, -0.05) is 36.4 Å².